The number of phenols is 1. The Bertz CT molecular complexity index is 773. The minimum absolute atomic E-state index is 0.105. The van der Waals surface area contributed by atoms with Crippen molar-refractivity contribution in [1.29, 1.82) is 0 Å². The van der Waals surface area contributed by atoms with E-state index in [0.717, 1.165) is 5.56 Å². The summed E-state index contributed by atoms with van der Waals surface area (Å²) in [5, 5.41) is 13.7. The first-order valence-electron chi connectivity index (χ1n) is 6.77. The molecule has 118 valence electrons. The average Bonchev–Trinajstić information content (AvgIpc) is 3.02. The first kappa shape index (κ1) is 14.7. The molecule has 2 aromatic carbocycles. The standard InChI is InChI=1S/C16H14N2O5/c1-21-11-3-4-12(13(19)7-11)16(20)18-17-8-10-2-5-14-15(6-10)23-9-22-14/h2-8,19H,9H2,1H3,(H,18,20)/b17-8-. The van der Waals surface area contributed by atoms with Crippen molar-refractivity contribution in [3.05, 3.63) is 47.5 Å². The predicted molar refractivity (Wildman–Crippen MR) is 82.3 cm³/mol. The lowest BCUT2D eigenvalue weighted by Crippen LogP contribution is -2.17. The molecule has 1 heterocycles. The maximum atomic E-state index is 12.0. The number of fused-ring (bicyclic) bond motifs is 1. The van der Waals surface area contributed by atoms with E-state index in [1.807, 2.05) is 0 Å². The van der Waals surface area contributed by atoms with Crippen molar-refractivity contribution in [3.63, 3.8) is 0 Å². The van der Waals surface area contributed by atoms with Gasteiger partial charge in [-0.05, 0) is 35.9 Å². The quantitative estimate of drug-likeness (QED) is 0.664. The molecule has 23 heavy (non-hydrogen) atoms. The molecule has 0 spiro atoms. The molecule has 1 amide bonds. The number of hydrogen-bond donors (Lipinski definition) is 2. The highest BCUT2D eigenvalue weighted by molar-refractivity contribution is 5.97. The van der Waals surface area contributed by atoms with Gasteiger partial charge in [0, 0.05) is 6.07 Å². The molecule has 7 nitrogen and oxygen atoms in total. The summed E-state index contributed by atoms with van der Waals surface area (Å²) in [6.45, 7) is 0.198. The van der Waals surface area contributed by atoms with Gasteiger partial charge >= 0.3 is 0 Å². The number of benzene rings is 2. The molecular formula is C16H14N2O5. The van der Waals surface area contributed by atoms with Gasteiger partial charge in [0.2, 0.25) is 6.79 Å². The number of rotatable bonds is 4. The smallest absolute Gasteiger partial charge is 0.275 e. The van der Waals surface area contributed by atoms with Crippen molar-refractivity contribution in [2.75, 3.05) is 13.9 Å². The fourth-order valence-corrected chi connectivity index (χ4v) is 2.05. The highest BCUT2D eigenvalue weighted by Crippen LogP contribution is 2.32. The summed E-state index contributed by atoms with van der Waals surface area (Å²) in [7, 11) is 1.48. The monoisotopic (exact) mass is 314 g/mol. The molecule has 0 radical (unpaired) electrons. The number of methoxy groups -OCH3 is 1. The first-order chi connectivity index (χ1) is 11.2. The number of amides is 1. The zero-order chi connectivity index (χ0) is 16.2. The van der Waals surface area contributed by atoms with E-state index in [2.05, 4.69) is 10.5 Å². The van der Waals surface area contributed by atoms with Gasteiger partial charge in [0.05, 0.1) is 18.9 Å². The molecule has 0 unspecified atom stereocenters. The normalized spacial score (nSPS) is 12.4. The van der Waals surface area contributed by atoms with Crippen LogP contribution >= 0.6 is 0 Å². The maximum absolute atomic E-state index is 12.0. The van der Waals surface area contributed by atoms with Gasteiger partial charge in [-0.2, -0.15) is 5.10 Å². The van der Waals surface area contributed by atoms with Crippen LogP contribution in [0.3, 0.4) is 0 Å². The number of ether oxygens (including phenoxy) is 3. The lowest BCUT2D eigenvalue weighted by atomic mass is 10.2. The van der Waals surface area contributed by atoms with Gasteiger partial charge in [-0.25, -0.2) is 5.43 Å². The fourth-order valence-electron chi connectivity index (χ4n) is 2.05. The lowest BCUT2D eigenvalue weighted by Gasteiger charge is -2.05. The summed E-state index contributed by atoms with van der Waals surface area (Å²) in [4.78, 5) is 12.0. The van der Waals surface area contributed by atoms with E-state index in [4.69, 9.17) is 14.2 Å². The minimum Gasteiger partial charge on any atom is -0.507 e. The van der Waals surface area contributed by atoms with Crippen LogP contribution in [-0.4, -0.2) is 31.1 Å². The third-order valence-electron chi connectivity index (χ3n) is 3.23. The van der Waals surface area contributed by atoms with Crippen LogP contribution in [0.5, 0.6) is 23.0 Å². The van der Waals surface area contributed by atoms with Crippen molar-refractivity contribution < 1.29 is 24.1 Å². The molecule has 2 aromatic rings. The predicted octanol–water partition coefficient (Wildman–Crippen LogP) is 1.89. The number of nitrogens with one attached hydrogen (secondary N) is 1. The van der Waals surface area contributed by atoms with Crippen LogP contribution in [0, 0.1) is 0 Å². The Morgan fingerprint density at radius 2 is 2.09 bits per heavy atom. The first-order valence-corrected chi connectivity index (χ1v) is 6.77. The maximum Gasteiger partial charge on any atom is 0.275 e. The summed E-state index contributed by atoms with van der Waals surface area (Å²) in [5.74, 6) is 1.06. The Balaban J connectivity index is 1.67. The molecule has 7 heteroatoms. The number of nitrogens with zero attached hydrogens (tertiary/aromatic N) is 1. The third-order valence-corrected chi connectivity index (χ3v) is 3.23. The van der Waals surface area contributed by atoms with Crippen molar-refractivity contribution in [2.24, 2.45) is 5.10 Å². The largest absolute Gasteiger partial charge is 0.507 e. The van der Waals surface area contributed by atoms with Crippen molar-refractivity contribution in [3.8, 4) is 23.0 Å². The second kappa shape index (κ2) is 6.27. The van der Waals surface area contributed by atoms with Gasteiger partial charge in [-0.1, -0.05) is 0 Å². The van der Waals surface area contributed by atoms with Crippen LogP contribution in [0.25, 0.3) is 0 Å². The molecule has 0 atom stereocenters. The molecule has 1 aliphatic rings. The van der Waals surface area contributed by atoms with Crippen molar-refractivity contribution in [1.82, 2.24) is 5.43 Å². The molecule has 0 aliphatic carbocycles. The summed E-state index contributed by atoms with van der Waals surface area (Å²) in [6, 6.07) is 9.70. The van der Waals surface area contributed by atoms with Gasteiger partial charge in [-0.3, -0.25) is 4.79 Å². The lowest BCUT2D eigenvalue weighted by molar-refractivity contribution is 0.0952. The molecule has 2 N–H and O–H groups in total. The van der Waals surface area contributed by atoms with Crippen LogP contribution in [0.15, 0.2) is 41.5 Å². The summed E-state index contributed by atoms with van der Waals surface area (Å²) >= 11 is 0. The molecular weight excluding hydrogens is 300 g/mol. The number of carbonyl (C=O) groups is 1. The highest BCUT2D eigenvalue weighted by Gasteiger charge is 2.13. The van der Waals surface area contributed by atoms with Gasteiger partial charge in [-0.15, -0.1) is 0 Å². The van der Waals surface area contributed by atoms with Crippen molar-refractivity contribution >= 4 is 12.1 Å². The molecule has 1 aliphatic heterocycles. The number of hydrogen-bond acceptors (Lipinski definition) is 6. The Morgan fingerprint density at radius 3 is 2.87 bits per heavy atom. The molecule has 0 saturated carbocycles. The van der Waals surface area contributed by atoms with Crippen molar-refractivity contribution in [2.45, 2.75) is 0 Å². The van der Waals surface area contributed by atoms with Crippen LogP contribution in [-0.2, 0) is 0 Å². The third kappa shape index (κ3) is 3.18. The number of phenolic OH excluding ortho intramolecular Hbond substituents is 1. The molecule has 0 fully saturated rings. The number of aromatic hydroxyl groups is 1. The Morgan fingerprint density at radius 1 is 1.26 bits per heavy atom. The summed E-state index contributed by atoms with van der Waals surface area (Å²) < 4.78 is 15.4. The van der Waals surface area contributed by atoms with E-state index in [1.165, 1.54) is 25.5 Å². The summed E-state index contributed by atoms with van der Waals surface area (Å²) in [5.41, 5.74) is 3.20. The van der Waals surface area contributed by atoms with Gasteiger partial charge in [0.15, 0.2) is 11.5 Å². The Kier molecular flexibility index (Phi) is 4.01. The van der Waals surface area contributed by atoms with E-state index >= 15 is 0 Å². The van der Waals surface area contributed by atoms with Crippen LogP contribution in [0.4, 0.5) is 0 Å². The number of hydrazone groups is 1. The molecule has 0 saturated heterocycles. The van der Waals surface area contributed by atoms with E-state index in [9.17, 15) is 9.90 Å². The second-order valence-electron chi connectivity index (χ2n) is 4.69. The number of carbonyl (C=O) groups excluding carboxylic acids is 1. The fraction of sp³-hybridized carbons (Fsp3) is 0.125. The second-order valence-corrected chi connectivity index (χ2v) is 4.69. The van der Waals surface area contributed by atoms with Crippen LogP contribution < -0.4 is 19.6 Å². The average molecular weight is 314 g/mol. The topological polar surface area (TPSA) is 89.4 Å². The molecule has 0 bridgehead atoms. The zero-order valence-electron chi connectivity index (χ0n) is 12.3. The Labute approximate surface area is 132 Å². The molecule has 3 rings (SSSR count). The molecule has 0 aromatic heterocycles. The summed E-state index contributed by atoms with van der Waals surface area (Å²) in [6.07, 6.45) is 1.47. The minimum atomic E-state index is -0.526. The van der Waals surface area contributed by atoms with Gasteiger partial charge < -0.3 is 19.3 Å². The highest BCUT2D eigenvalue weighted by atomic mass is 16.7. The van der Waals surface area contributed by atoms with E-state index in [-0.39, 0.29) is 18.1 Å². The SMILES string of the molecule is COc1ccc(C(=O)N/N=C\c2ccc3c(c2)OCO3)c(O)c1. The van der Waals surface area contributed by atoms with E-state index in [1.54, 1.807) is 24.3 Å². The van der Waals surface area contributed by atoms with Crippen LogP contribution in [0.1, 0.15) is 15.9 Å². The van der Waals surface area contributed by atoms with Gasteiger partial charge in [0.25, 0.3) is 5.91 Å². The van der Waals surface area contributed by atoms with E-state index < -0.39 is 5.91 Å². The Hall–Kier alpha value is -3.22. The van der Waals surface area contributed by atoms with Crippen LogP contribution in [0.2, 0.25) is 0 Å². The zero-order valence-corrected chi connectivity index (χ0v) is 12.3. The van der Waals surface area contributed by atoms with E-state index in [0.29, 0.717) is 17.2 Å². The van der Waals surface area contributed by atoms with Gasteiger partial charge in [0.1, 0.15) is 11.5 Å².